The number of anilines is 1. The molecule has 2 heterocycles. The van der Waals surface area contributed by atoms with Crippen molar-refractivity contribution in [2.75, 3.05) is 5.32 Å². The average molecular weight is 506 g/mol. The smallest absolute Gasteiger partial charge is 0.261 e. The predicted molar refractivity (Wildman–Crippen MR) is 142 cm³/mol. The SMILES string of the molecule is C=C=C=C=C=C=C=C=C=C=O.O=C(Nc1ccc2nc3n(c(=O)c2c1)CCCCC3)c1ccccc1Cl. The Morgan fingerprint density at radius 1 is 0.973 bits per heavy atom. The van der Waals surface area contributed by atoms with Crippen molar-refractivity contribution in [3.8, 4) is 0 Å². The summed E-state index contributed by atoms with van der Waals surface area (Å²) < 4.78 is 1.77. The molecule has 0 saturated carbocycles. The normalized spacial score (nSPS) is 10.8. The van der Waals surface area contributed by atoms with Crippen LogP contribution in [0.25, 0.3) is 10.9 Å². The van der Waals surface area contributed by atoms with Crippen molar-refractivity contribution < 1.29 is 9.59 Å². The fourth-order valence-electron chi connectivity index (χ4n) is 3.57. The van der Waals surface area contributed by atoms with Crippen molar-refractivity contribution in [3.05, 3.63) is 122 Å². The third-order valence-corrected chi connectivity index (χ3v) is 5.54. The first-order valence-corrected chi connectivity index (χ1v) is 11.7. The topological polar surface area (TPSA) is 81.1 Å². The molecule has 0 bridgehead atoms. The maximum absolute atomic E-state index is 12.9. The largest absolute Gasteiger partial charge is 0.322 e. The Hall–Kier alpha value is -4.97. The van der Waals surface area contributed by atoms with E-state index in [4.69, 9.17) is 11.6 Å². The van der Waals surface area contributed by atoms with Gasteiger partial charge < -0.3 is 5.32 Å². The molecule has 0 fully saturated rings. The molecule has 1 N–H and O–H groups in total. The molecular formula is C30H20ClN3O3. The first-order valence-electron chi connectivity index (χ1n) is 11.3. The summed E-state index contributed by atoms with van der Waals surface area (Å²) in [5.74, 6) is 1.92. The zero-order valence-electron chi connectivity index (χ0n) is 19.8. The highest BCUT2D eigenvalue weighted by Gasteiger charge is 2.15. The summed E-state index contributed by atoms with van der Waals surface area (Å²) in [6, 6.07) is 12.1. The lowest BCUT2D eigenvalue weighted by atomic mass is 10.1. The van der Waals surface area contributed by atoms with Crippen LogP contribution in [0.5, 0.6) is 0 Å². The van der Waals surface area contributed by atoms with Gasteiger partial charge in [-0.3, -0.25) is 14.2 Å². The minimum absolute atomic E-state index is 0.0410. The van der Waals surface area contributed by atoms with Crippen LogP contribution >= 0.6 is 11.6 Å². The fourth-order valence-corrected chi connectivity index (χ4v) is 3.79. The summed E-state index contributed by atoms with van der Waals surface area (Å²) in [5.41, 5.74) is 20.0. The number of nitrogens with zero attached hydrogens (tertiary/aromatic N) is 2. The van der Waals surface area contributed by atoms with Gasteiger partial charge in [0.05, 0.1) is 21.5 Å². The lowest BCUT2D eigenvalue weighted by molar-refractivity contribution is 0.102. The second-order valence-electron chi connectivity index (χ2n) is 7.62. The van der Waals surface area contributed by atoms with E-state index < -0.39 is 0 Å². The van der Waals surface area contributed by atoms with Gasteiger partial charge in [0.1, 0.15) is 5.82 Å². The number of aryl methyl sites for hydroxylation is 1. The summed E-state index contributed by atoms with van der Waals surface area (Å²) >= 11 is 6.08. The molecule has 3 aromatic rings. The van der Waals surface area contributed by atoms with Crippen LogP contribution in [-0.2, 0) is 17.8 Å². The quantitative estimate of drug-likeness (QED) is 0.380. The number of hydrogen-bond acceptors (Lipinski definition) is 4. The average Bonchev–Trinajstić information content (AvgIpc) is 3.15. The summed E-state index contributed by atoms with van der Waals surface area (Å²) in [6.45, 7) is 3.94. The number of aromatic nitrogens is 2. The van der Waals surface area contributed by atoms with Gasteiger partial charge in [0.2, 0.25) is 0 Å². The van der Waals surface area contributed by atoms with E-state index in [0.29, 0.717) is 33.7 Å². The highest BCUT2D eigenvalue weighted by Crippen LogP contribution is 2.20. The Labute approximate surface area is 218 Å². The van der Waals surface area contributed by atoms with Crippen molar-refractivity contribution in [3.63, 3.8) is 0 Å². The van der Waals surface area contributed by atoms with E-state index in [1.165, 1.54) is 5.94 Å². The van der Waals surface area contributed by atoms with Gasteiger partial charge in [-0.2, -0.15) is 0 Å². The number of hydrogen-bond donors (Lipinski definition) is 1. The van der Waals surface area contributed by atoms with Gasteiger partial charge in [-0.1, -0.05) is 35.9 Å². The van der Waals surface area contributed by atoms with E-state index in [-0.39, 0.29) is 11.5 Å². The minimum Gasteiger partial charge on any atom is -0.322 e. The fraction of sp³-hybridized carbons (Fsp3) is 0.167. The Morgan fingerprint density at radius 2 is 1.70 bits per heavy atom. The van der Waals surface area contributed by atoms with Crippen LogP contribution in [0.4, 0.5) is 5.69 Å². The van der Waals surface area contributed by atoms with Gasteiger partial charge in [-0.25, -0.2) is 9.78 Å². The number of rotatable bonds is 2. The number of carbonyl (C=O) groups excluding carboxylic acids is 2. The molecule has 1 aromatic heterocycles. The molecule has 0 unspecified atom stereocenters. The second-order valence-corrected chi connectivity index (χ2v) is 8.02. The molecule has 0 spiro atoms. The number of carbonyl (C=O) groups is 1. The maximum Gasteiger partial charge on any atom is 0.261 e. The molecule has 4 rings (SSSR count). The van der Waals surface area contributed by atoms with Gasteiger partial charge in [0.15, 0.2) is 5.94 Å². The van der Waals surface area contributed by atoms with E-state index in [2.05, 4.69) is 57.0 Å². The number of fused-ring (bicyclic) bond motifs is 2. The molecule has 6 nitrogen and oxygen atoms in total. The standard InChI is InChI=1S/C20H18ClN3O2.C10H2O/c21-16-7-4-3-6-14(16)19(25)22-13-9-10-17-15(12-13)20(26)24-11-5-1-2-8-18(24)23-17;1-2-3-4-5-6-7-8-9-10-11/h3-4,6-7,9-10,12H,1-2,5,8,11H2,(H,22,25);1H2. The summed E-state index contributed by atoms with van der Waals surface area (Å²) in [5, 5.41) is 3.72. The summed E-state index contributed by atoms with van der Waals surface area (Å²) in [7, 11) is 0. The van der Waals surface area contributed by atoms with Gasteiger partial charge in [0, 0.05) is 41.6 Å². The van der Waals surface area contributed by atoms with Gasteiger partial charge in [0.25, 0.3) is 11.5 Å². The van der Waals surface area contributed by atoms with Crippen molar-refractivity contribution in [2.24, 2.45) is 0 Å². The van der Waals surface area contributed by atoms with Crippen molar-refractivity contribution in [2.45, 2.75) is 32.2 Å². The van der Waals surface area contributed by atoms with E-state index in [1.807, 2.05) is 5.73 Å². The monoisotopic (exact) mass is 505 g/mol. The van der Waals surface area contributed by atoms with Crippen LogP contribution in [0.15, 0.2) is 99.7 Å². The highest BCUT2D eigenvalue weighted by atomic mass is 35.5. The zero-order chi connectivity index (χ0) is 26.5. The van der Waals surface area contributed by atoms with Gasteiger partial charge in [-0.15, -0.1) is 0 Å². The number of halogens is 1. The predicted octanol–water partition coefficient (Wildman–Crippen LogP) is 5.27. The van der Waals surface area contributed by atoms with Crippen molar-refractivity contribution in [1.29, 1.82) is 0 Å². The van der Waals surface area contributed by atoms with E-state index in [0.717, 1.165) is 31.5 Å². The molecule has 2 aromatic carbocycles. The van der Waals surface area contributed by atoms with Crippen LogP contribution < -0.4 is 10.9 Å². The van der Waals surface area contributed by atoms with Crippen molar-refractivity contribution in [1.82, 2.24) is 9.55 Å². The first kappa shape index (κ1) is 26.6. The van der Waals surface area contributed by atoms with E-state index in [9.17, 15) is 14.4 Å². The number of benzene rings is 2. The number of amides is 1. The number of nitrogens with one attached hydrogen (secondary N) is 1. The van der Waals surface area contributed by atoms with Gasteiger partial charge >= 0.3 is 0 Å². The third kappa shape index (κ3) is 7.50. The molecule has 37 heavy (non-hydrogen) atoms. The lowest BCUT2D eigenvalue weighted by Gasteiger charge is -2.11. The Morgan fingerprint density at radius 3 is 2.43 bits per heavy atom. The summed E-state index contributed by atoms with van der Waals surface area (Å²) in [4.78, 5) is 39.5. The van der Waals surface area contributed by atoms with Crippen LogP contribution in [0.2, 0.25) is 5.02 Å². The molecule has 0 saturated heterocycles. The van der Waals surface area contributed by atoms with Gasteiger partial charge in [-0.05, 0) is 66.9 Å². The third-order valence-electron chi connectivity index (χ3n) is 5.21. The Bertz CT molecular complexity index is 1710. The summed E-state index contributed by atoms with van der Waals surface area (Å²) in [6.07, 6.45) is 3.99. The first-order chi connectivity index (χ1) is 18.0. The Balaban J connectivity index is 0.000000295. The molecule has 1 aliphatic rings. The molecule has 180 valence electrons. The highest BCUT2D eigenvalue weighted by molar-refractivity contribution is 6.34. The molecule has 7 heteroatoms. The van der Waals surface area contributed by atoms with E-state index in [1.54, 1.807) is 47.0 Å². The Kier molecular flexibility index (Phi) is 9.93. The lowest BCUT2D eigenvalue weighted by Crippen LogP contribution is -2.24. The molecule has 0 atom stereocenters. The van der Waals surface area contributed by atoms with Crippen LogP contribution in [0.1, 0.15) is 35.4 Å². The molecule has 0 radical (unpaired) electrons. The molecule has 0 aliphatic carbocycles. The zero-order valence-corrected chi connectivity index (χ0v) is 20.5. The van der Waals surface area contributed by atoms with E-state index >= 15 is 0 Å². The maximum atomic E-state index is 12.9. The molecule has 1 aliphatic heterocycles. The van der Waals surface area contributed by atoms with Crippen LogP contribution in [-0.4, -0.2) is 21.4 Å². The second kappa shape index (κ2) is 13.8. The molecule has 1 amide bonds. The molecular weight excluding hydrogens is 486 g/mol. The minimum atomic E-state index is -0.308. The van der Waals surface area contributed by atoms with Crippen molar-refractivity contribution >= 4 is 40.0 Å². The van der Waals surface area contributed by atoms with Crippen LogP contribution in [0.3, 0.4) is 0 Å². The van der Waals surface area contributed by atoms with Crippen LogP contribution in [0, 0.1) is 0 Å².